The van der Waals surface area contributed by atoms with Crippen LogP contribution in [0.1, 0.15) is 11.1 Å². The molecule has 4 aromatic heterocycles. The predicted octanol–water partition coefficient (Wildman–Crippen LogP) is 5.77. The average Bonchev–Trinajstić information content (AvgIpc) is 3.46. The van der Waals surface area contributed by atoms with E-state index in [4.69, 9.17) is 9.40 Å². The molecule has 5 nitrogen and oxygen atoms in total. The molecule has 0 aliphatic heterocycles. The Morgan fingerprint density at radius 3 is 2.50 bits per heavy atom. The van der Waals surface area contributed by atoms with E-state index in [1.807, 2.05) is 24.3 Å². The molecule has 32 heavy (non-hydrogen) atoms. The first-order valence-corrected chi connectivity index (χ1v) is 10.8. The second kappa shape index (κ2) is 5.98. The summed E-state index contributed by atoms with van der Waals surface area (Å²) in [5, 5.41) is 2.33. The highest BCUT2D eigenvalue weighted by atomic mass is 16.3. The number of pyridine rings is 1. The Morgan fingerprint density at radius 1 is 0.844 bits per heavy atom. The monoisotopic (exact) mass is 417 g/mol. The predicted molar refractivity (Wildman–Crippen MR) is 127 cm³/mol. The van der Waals surface area contributed by atoms with Gasteiger partial charge in [0.2, 0.25) is 0 Å². The molecule has 7 rings (SSSR count). The number of aromatic nitrogens is 4. The van der Waals surface area contributed by atoms with Crippen molar-refractivity contribution in [3.05, 3.63) is 84.1 Å². The first-order valence-electron chi connectivity index (χ1n) is 10.8. The molecule has 0 atom stereocenters. The summed E-state index contributed by atoms with van der Waals surface area (Å²) in [6.45, 7) is 4.40. The lowest BCUT2D eigenvalue weighted by atomic mass is 10.0. The standard InChI is InChI=1S/C27H21N4O/c1-16-17(2)24-25(26-23(16)18-10-4-7-13-21(18)32-26)30-20-12-6-5-11-19(20)28-27(30)31(24)22-14-8-9-15-29(22)3/h4-15H,1-3H3/q+1. The van der Waals surface area contributed by atoms with Crippen molar-refractivity contribution in [2.45, 2.75) is 13.8 Å². The molecule has 7 aromatic rings. The summed E-state index contributed by atoms with van der Waals surface area (Å²) < 4.78 is 13.2. The molecular formula is C27H21N4O+. The lowest BCUT2D eigenvalue weighted by Crippen LogP contribution is -2.33. The number of furan rings is 1. The van der Waals surface area contributed by atoms with Crippen molar-refractivity contribution in [1.82, 2.24) is 14.0 Å². The maximum absolute atomic E-state index is 6.54. The maximum atomic E-state index is 6.54. The number of para-hydroxylation sites is 3. The van der Waals surface area contributed by atoms with Gasteiger partial charge in [-0.25, -0.2) is 4.57 Å². The van der Waals surface area contributed by atoms with E-state index in [1.165, 1.54) is 16.5 Å². The van der Waals surface area contributed by atoms with E-state index < -0.39 is 0 Å². The molecule has 0 aliphatic rings. The molecule has 0 fully saturated rings. The Bertz CT molecular complexity index is 1870. The smallest absolute Gasteiger partial charge is 0.312 e. The summed E-state index contributed by atoms with van der Waals surface area (Å²) >= 11 is 0. The number of benzene rings is 3. The van der Waals surface area contributed by atoms with E-state index in [0.29, 0.717) is 0 Å². The van der Waals surface area contributed by atoms with Gasteiger partial charge in [0.05, 0.1) is 24.3 Å². The van der Waals surface area contributed by atoms with Gasteiger partial charge in [0.1, 0.15) is 11.1 Å². The summed E-state index contributed by atoms with van der Waals surface area (Å²) in [5.74, 6) is 1.94. The van der Waals surface area contributed by atoms with Crippen molar-refractivity contribution in [2.24, 2.45) is 7.05 Å². The van der Waals surface area contributed by atoms with Crippen LogP contribution in [0.5, 0.6) is 0 Å². The minimum Gasteiger partial charge on any atom is -0.454 e. The third kappa shape index (κ3) is 2.03. The van der Waals surface area contributed by atoms with Crippen LogP contribution in [-0.2, 0) is 7.05 Å². The second-order valence-corrected chi connectivity index (χ2v) is 8.49. The van der Waals surface area contributed by atoms with Crippen LogP contribution in [0.15, 0.2) is 77.3 Å². The SMILES string of the molecule is Cc1c(C)c2c(c3oc4ccccc4c13)n1c3ccccc3nc1n2-c1cccc[n+]1C. The van der Waals surface area contributed by atoms with Gasteiger partial charge in [-0.1, -0.05) is 36.4 Å². The van der Waals surface area contributed by atoms with Gasteiger partial charge in [-0.3, -0.25) is 4.40 Å². The fourth-order valence-electron chi connectivity index (χ4n) is 5.16. The molecule has 5 heteroatoms. The van der Waals surface area contributed by atoms with E-state index in [9.17, 15) is 0 Å². The number of imidazole rings is 2. The minimum absolute atomic E-state index is 0.887. The van der Waals surface area contributed by atoms with Gasteiger partial charge in [-0.15, -0.1) is 0 Å². The van der Waals surface area contributed by atoms with Crippen LogP contribution in [-0.4, -0.2) is 14.0 Å². The van der Waals surface area contributed by atoms with E-state index in [2.05, 4.69) is 83.1 Å². The summed E-state index contributed by atoms with van der Waals surface area (Å²) in [6.07, 6.45) is 2.07. The quantitative estimate of drug-likeness (QED) is 0.318. The molecule has 0 aliphatic carbocycles. The molecule has 3 aromatic carbocycles. The molecule has 0 spiro atoms. The molecule has 0 N–H and O–H groups in total. The fourth-order valence-corrected chi connectivity index (χ4v) is 5.16. The summed E-state index contributed by atoms with van der Waals surface area (Å²) in [7, 11) is 2.07. The first-order chi connectivity index (χ1) is 15.6. The Hall–Kier alpha value is -4.12. The molecule has 0 unspecified atom stereocenters. The molecule has 0 radical (unpaired) electrons. The third-order valence-electron chi connectivity index (χ3n) is 6.77. The van der Waals surface area contributed by atoms with Gasteiger partial charge in [0, 0.05) is 22.4 Å². The molecule has 0 saturated heterocycles. The van der Waals surface area contributed by atoms with Gasteiger partial charge < -0.3 is 4.42 Å². The van der Waals surface area contributed by atoms with E-state index >= 15 is 0 Å². The lowest BCUT2D eigenvalue weighted by molar-refractivity contribution is -0.665. The first kappa shape index (κ1) is 17.5. The van der Waals surface area contributed by atoms with Gasteiger partial charge >= 0.3 is 5.78 Å². The Kier molecular flexibility index (Phi) is 3.28. The molecular weight excluding hydrogens is 396 g/mol. The zero-order valence-corrected chi connectivity index (χ0v) is 18.1. The van der Waals surface area contributed by atoms with E-state index in [1.54, 1.807) is 0 Å². The van der Waals surface area contributed by atoms with Crippen LogP contribution in [0, 0.1) is 13.8 Å². The van der Waals surface area contributed by atoms with Crippen LogP contribution in [0.3, 0.4) is 0 Å². The van der Waals surface area contributed by atoms with E-state index in [0.717, 1.165) is 50.2 Å². The number of rotatable bonds is 1. The third-order valence-corrected chi connectivity index (χ3v) is 6.77. The number of hydrogen-bond donors (Lipinski definition) is 0. The Balaban J connectivity index is 1.86. The highest BCUT2D eigenvalue weighted by Crippen LogP contribution is 2.41. The second-order valence-electron chi connectivity index (χ2n) is 8.49. The Morgan fingerprint density at radius 2 is 1.62 bits per heavy atom. The highest BCUT2D eigenvalue weighted by molar-refractivity contribution is 6.17. The van der Waals surface area contributed by atoms with Crippen LogP contribution >= 0.6 is 0 Å². The largest absolute Gasteiger partial charge is 0.454 e. The van der Waals surface area contributed by atoms with Crippen molar-refractivity contribution < 1.29 is 8.98 Å². The summed E-state index contributed by atoms with van der Waals surface area (Å²) in [5.41, 5.74) is 8.53. The van der Waals surface area contributed by atoms with Gasteiger partial charge in [0.15, 0.2) is 11.1 Å². The number of fused-ring (bicyclic) bond motifs is 9. The number of nitrogens with zero attached hydrogens (tertiary/aromatic N) is 4. The summed E-state index contributed by atoms with van der Waals surface area (Å²) in [6, 6.07) is 22.9. The van der Waals surface area contributed by atoms with Gasteiger partial charge in [-0.2, -0.15) is 9.55 Å². The molecule has 0 bridgehead atoms. The highest BCUT2D eigenvalue weighted by Gasteiger charge is 2.30. The van der Waals surface area contributed by atoms with Crippen molar-refractivity contribution in [3.8, 4) is 5.82 Å². The fraction of sp³-hybridized carbons (Fsp3) is 0.111. The maximum Gasteiger partial charge on any atom is 0.312 e. The zero-order valence-electron chi connectivity index (χ0n) is 18.1. The van der Waals surface area contributed by atoms with Crippen molar-refractivity contribution in [2.75, 3.05) is 0 Å². The normalized spacial score (nSPS) is 12.2. The molecule has 0 amide bonds. The minimum atomic E-state index is 0.887. The lowest BCUT2D eigenvalue weighted by Gasteiger charge is -2.06. The topological polar surface area (TPSA) is 39.3 Å². The zero-order chi connectivity index (χ0) is 21.6. The van der Waals surface area contributed by atoms with Crippen LogP contribution in [0.4, 0.5) is 0 Å². The average molecular weight is 417 g/mol. The van der Waals surface area contributed by atoms with E-state index in [-0.39, 0.29) is 0 Å². The van der Waals surface area contributed by atoms with Crippen LogP contribution < -0.4 is 4.57 Å². The van der Waals surface area contributed by atoms with Gasteiger partial charge in [0.25, 0.3) is 5.82 Å². The van der Waals surface area contributed by atoms with Crippen LogP contribution in [0.2, 0.25) is 0 Å². The van der Waals surface area contributed by atoms with Gasteiger partial charge in [-0.05, 0) is 43.7 Å². The summed E-state index contributed by atoms with van der Waals surface area (Å²) in [4.78, 5) is 5.07. The molecule has 0 saturated carbocycles. The van der Waals surface area contributed by atoms with Crippen LogP contribution in [0.25, 0.3) is 55.6 Å². The molecule has 154 valence electrons. The Labute approximate surface area is 183 Å². The number of hydrogen-bond acceptors (Lipinski definition) is 2. The van der Waals surface area contributed by atoms with Crippen molar-refractivity contribution in [3.63, 3.8) is 0 Å². The number of aryl methyl sites for hydroxylation is 3. The van der Waals surface area contributed by atoms with Crippen molar-refractivity contribution in [1.29, 1.82) is 0 Å². The van der Waals surface area contributed by atoms with Crippen molar-refractivity contribution >= 4 is 49.8 Å². The molecule has 4 heterocycles.